The number of aryl methyl sites for hydroxylation is 12. The van der Waals surface area contributed by atoms with Crippen LogP contribution in [-0.2, 0) is 43.6 Å². The molecule has 0 aliphatic heterocycles. The van der Waals surface area contributed by atoms with E-state index >= 15 is 0 Å². The average Bonchev–Trinajstić information content (AvgIpc) is 1.60. The van der Waals surface area contributed by atoms with Gasteiger partial charge in [-0.1, -0.05) is 94.0 Å². The first-order valence-electron chi connectivity index (χ1n) is 42.2. The summed E-state index contributed by atoms with van der Waals surface area (Å²) in [6.45, 7) is 25.4. The van der Waals surface area contributed by atoms with Crippen molar-refractivity contribution in [2.24, 2.45) is 0 Å². The predicted octanol–water partition coefficient (Wildman–Crippen LogP) is 36.7. The van der Waals surface area contributed by atoms with Gasteiger partial charge in [0, 0.05) is 106 Å². The van der Waals surface area contributed by atoms with Crippen LogP contribution in [-0.4, -0.2) is 55.3 Å². The molecule has 0 bridgehead atoms. The van der Waals surface area contributed by atoms with E-state index in [-0.39, 0.29) is 48.3 Å². The van der Waals surface area contributed by atoms with Crippen LogP contribution in [0.4, 0.5) is 88.5 Å². The van der Waals surface area contributed by atoms with Crippen molar-refractivity contribution in [1.82, 2.24) is 0 Å². The Morgan fingerprint density at radius 3 is 0.762 bits per heavy atom. The van der Waals surface area contributed by atoms with Gasteiger partial charge in [0.2, 0.25) is 0 Å². The molecule has 770 valence electrons. The fraction of sp³-hybridized carbons (Fsp3) is 0.176. The molecule has 41 heteroatoms. The van der Waals surface area contributed by atoms with Gasteiger partial charge in [-0.2, -0.15) is 0 Å². The van der Waals surface area contributed by atoms with Crippen LogP contribution in [0.25, 0.3) is 40.3 Å². The molecule has 14 aromatic carbocycles. The van der Waals surface area contributed by atoms with Gasteiger partial charge in [-0.25, -0.2) is 0 Å². The third kappa shape index (κ3) is 37.1. The third-order valence-corrected chi connectivity index (χ3v) is 32.2. The number of halogens is 24. The minimum Gasteiger partial charge on any atom is -1.00 e. The molecule has 7 nitrogen and oxygen atoms in total. The van der Waals surface area contributed by atoms with Gasteiger partial charge in [0.05, 0.1) is 80.0 Å². The Kier molecular flexibility index (Phi) is 37.3. The summed E-state index contributed by atoms with van der Waals surface area (Å²) in [4.78, 5) is 15.4. The second-order valence-electron chi connectivity index (χ2n) is 32.3. The molecule has 0 aliphatic rings. The fourth-order valence-corrected chi connectivity index (χ4v) is 26.9. The quantitative estimate of drug-likeness (QED) is 0.0397. The zero-order valence-corrected chi connectivity index (χ0v) is 88.8. The van der Waals surface area contributed by atoms with E-state index < -0.39 is 31.0 Å². The maximum absolute atomic E-state index is 10.7. The van der Waals surface area contributed by atoms with Crippen LogP contribution in [0.15, 0.2) is 320 Å². The summed E-state index contributed by atoms with van der Waals surface area (Å²) in [5.74, 6) is 5.85. The summed E-state index contributed by atoms with van der Waals surface area (Å²) in [6, 6.07) is 93.0. The Morgan fingerprint density at radius 2 is 0.476 bits per heavy atom. The van der Waals surface area contributed by atoms with Crippen LogP contribution in [0.5, 0.6) is 40.2 Å². The number of phenols is 1. The number of hydrogen-bond acceptors (Lipinski definition) is 9. The van der Waals surface area contributed by atoms with Gasteiger partial charge in [-0.15, -0.1) is 22.7 Å². The van der Waals surface area contributed by atoms with Gasteiger partial charge in [0.15, 0.2) is 58.7 Å². The first-order valence-corrected chi connectivity index (χ1v) is 55.5. The van der Waals surface area contributed by atoms with Crippen molar-refractivity contribution in [2.45, 2.75) is 142 Å². The first-order chi connectivity index (χ1) is 65.4. The van der Waals surface area contributed by atoms with E-state index in [2.05, 4.69) is 289 Å². The average molecular weight is 2220 g/mol. The Hall–Kier alpha value is -10.1. The number of rotatable bonds is 18. The number of aromatic hydroxyl groups is 1. The molecule has 0 spiro atoms. The molecule has 0 saturated heterocycles. The smallest absolute Gasteiger partial charge is 1.00 e. The monoisotopic (exact) mass is 2220 g/mol. The van der Waals surface area contributed by atoms with Crippen molar-refractivity contribution in [3.63, 3.8) is 0 Å². The summed E-state index contributed by atoms with van der Waals surface area (Å²) in [6.07, 6.45) is 0. The predicted molar refractivity (Wildman–Crippen MR) is 549 cm³/mol. The third-order valence-electron chi connectivity index (χ3n) is 20.5. The molecule has 16 rings (SSSR count). The summed E-state index contributed by atoms with van der Waals surface area (Å²) >= 11 is 16.6. The summed E-state index contributed by atoms with van der Waals surface area (Å²) in [5, 5.41) is 16.2. The molecule has 0 fully saturated rings. The van der Waals surface area contributed by atoms with E-state index in [4.69, 9.17) is 51.6 Å². The van der Waals surface area contributed by atoms with Crippen LogP contribution in [0, 0.1) is 83.1 Å². The molecule has 0 atom stereocenters. The van der Waals surface area contributed by atoms with Crippen LogP contribution < -0.4 is 33.1 Å². The van der Waals surface area contributed by atoms with Crippen molar-refractivity contribution < 1.29 is 127 Å². The first kappa shape index (κ1) is 118. The molecule has 2 heterocycles. The maximum Gasteiger partial charge on any atom is -1.00 e. The van der Waals surface area contributed by atoms with E-state index in [1.807, 2.05) is 59.9 Å². The van der Waals surface area contributed by atoms with E-state index in [1.165, 1.54) is 116 Å². The molecule has 0 saturated carbocycles. The van der Waals surface area contributed by atoms with Crippen LogP contribution >= 0.6 is 69.3 Å². The number of methoxy groups -OCH3 is 6. The standard InChI is InChI=1S/C27H33O3S.C26H19Cl2S2.C26H20OS2.C23H25O3S.BF3.3F6P.FH/c1-16-10-22(11-17(2)25(16)28-7)31(23-12-18(3)26(29-8)19(4)13-23)24-14-20(5)27(30-9)21(6)15-24;1-16-3-8-20(9-4-16)30(21-10-5-17(2)6-11-21)25-15-19(28)14-23-22-13-18(27)7-12-24(22)29-26(23)25;1-17-3-8-20(9-4-17)29(21-10-5-18(2)6-11-21)22-12-14-26-24(16-22)23-15-19(27)7-13-25(23)28-26;1-16-14-22(15-17(2)23(16)26-5)27(20-10-6-18(24-3)7-11-20)21-12-8-19(25-4)9-13-21;2-1(3)4;3*1-7(2,3,4,5)6;/h10-15H,1-9H3;3-15H,1-2H3;3-16H,1-2H3;6-15H,1-5H3;;;;;1H/q2*+1;;+1;;3*-1;. The number of phenolic OH excluding ortho intramolecular Hbond substituents is 1. The minimum absolute atomic E-state index is 0. The largest absolute Gasteiger partial charge is 1.00 e. The van der Waals surface area contributed by atoms with E-state index in [1.54, 1.807) is 60.1 Å². The Balaban J connectivity index is 0.000000215. The molecule has 2 aromatic heterocycles. The molecule has 143 heavy (non-hydrogen) atoms. The molecule has 0 radical (unpaired) electrons. The second-order valence-corrected chi connectivity index (χ2v) is 49.1. The van der Waals surface area contributed by atoms with Gasteiger partial charge >= 0.3 is 107 Å². The summed E-state index contributed by atoms with van der Waals surface area (Å²) in [5.41, 5.74) is 14.3. The number of fused-ring (bicyclic) bond motifs is 6. The zero-order chi connectivity index (χ0) is 106. The normalized spacial score (nSPS) is 12.8. The molecular weight excluding hydrogens is 2120 g/mol. The van der Waals surface area contributed by atoms with Crippen molar-refractivity contribution in [3.05, 3.63) is 338 Å². The Morgan fingerprint density at radius 1 is 0.252 bits per heavy atom. The van der Waals surface area contributed by atoms with Crippen molar-refractivity contribution in [1.29, 1.82) is 0 Å². The van der Waals surface area contributed by atoms with Crippen LogP contribution in [0.3, 0.4) is 0 Å². The fourth-order valence-electron chi connectivity index (χ4n) is 14.9. The van der Waals surface area contributed by atoms with Gasteiger partial charge in [0.25, 0.3) is 0 Å². The molecular formula is C102H98BCl2F22O7P3S6. The minimum atomic E-state index is -10.7. The van der Waals surface area contributed by atoms with Gasteiger partial charge in [-0.05, 0) is 279 Å². The molecule has 1 N–H and O–H groups in total. The van der Waals surface area contributed by atoms with Crippen molar-refractivity contribution in [2.75, 3.05) is 42.7 Å². The number of ether oxygens (including phenoxy) is 6. The second kappa shape index (κ2) is 45.1. The van der Waals surface area contributed by atoms with Crippen molar-refractivity contribution in [3.8, 4) is 40.2 Å². The number of hydrogen-bond donors (Lipinski definition) is 1. The molecule has 0 aliphatic carbocycles. The number of benzene rings is 14. The summed E-state index contributed by atoms with van der Waals surface area (Å²) < 4.78 is 245. The van der Waals surface area contributed by atoms with Crippen LogP contribution in [0.2, 0.25) is 10.0 Å². The molecule has 0 unspecified atom stereocenters. The van der Waals surface area contributed by atoms with E-state index in [0.29, 0.717) is 5.75 Å². The zero-order valence-electron chi connectivity index (χ0n) is 79.7. The SMILES string of the molecule is COc1c(C)cc([S+](c2cc(C)c(OC)c(C)c2)c2cc(C)c(OC)c(C)c2)cc1C.COc1ccc([S+](c2ccc(OC)cc2)c2cc(C)c(OC)c(C)c2)cc1.Cc1ccc([S+](c2ccc(C)cc2)c2cc(Cl)cc3c2sc2ccc(Cl)cc23)cc1.Cc1ccc([S+](c2ccc(C)cc2)c2ccc3sc4ccc(O)cc4c3c2)cc1.FB(F)F.F[P-](F)(F)(F)(F)F.F[P-](F)(F)(F)(F)F.F[P-](F)(F)(F)(F)F.[F-]. The van der Waals surface area contributed by atoms with Crippen molar-refractivity contribution >= 4 is 161 Å². The van der Waals surface area contributed by atoms with E-state index in [0.717, 1.165) is 94.4 Å². The van der Waals surface area contributed by atoms with Crippen LogP contribution in [0.1, 0.15) is 66.8 Å². The topological polar surface area (TPSA) is 75.6 Å². The van der Waals surface area contributed by atoms with Gasteiger partial charge in [-0.3, -0.25) is 12.9 Å². The molecule has 0 amide bonds. The van der Waals surface area contributed by atoms with E-state index in [9.17, 15) is 93.6 Å². The maximum atomic E-state index is 10.0. The number of thiophene rings is 2. The Labute approximate surface area is 843 Å². The van der Waals surface area contributed by atoms with Gasteiger partial charge < -0.3 is 38.2 Å². The summed E-state index contributed by atoms with van der Waals surface area (Å²) in [7, 11) is -26.3. The molecule has 16 aromatic rings. The Bertz CT molecular complexity index is 6680. The van der Waals surface area contributed by atoms with Gasteiger partial charge in [0.1, 0.15) is 51.1 Å².